The molecule has 0 aliphatic heterocycles. The van der Waals surface area contributed by atoms with Crippen LogP contribution in [0.1, 0.15) is 24.2 Å². The van der Waals surface area contributed by atoms with Gasteiger partial charge >= 0.3 is 6.09 Å². The lowest BCUT2D eigenvalue weighted by atomic mass is 10.1. The first kappa shape index (κ1) is 16.7. The molecule has 0 fully saturated rings. The molecule has 0 bridgehead atoms. The maximum Gasteiger partial charge on any atom is 0.405 e. The normalized spacial score (nSPS) is 11.9. The number of benzene rings is 1. The molecule has 0 saturated carbocycles. The highest BCUT2D eigenvalue weighted by molar-refractivity contribution is 5.80. The van der Waals surface area contributed by atoms with E-state index in [-0.39, 0.29) is 29.6 Å². The summed E-state index contributed by atoms with van der Waals surface area (Å²) in [7, 11) is 1.30. The Balaban J connectivity index is 2.90. The Hall–Kier alpha value is -2.31. The highest BCUT2D eigenvalue weighted by Gasteiger charge is 2.18. The van der Waals surface area contributed by atoms with Crippen LogP contribution in [-0.4, -0.2) is 37.2 Å². The van der Waals surface area contributed by atoms with Gasteiger partial charge in [0.2, 0.25) is 0 Å². The second-order valence-corrected chi connectivity index (χ2v) is 4.75. The molecular formula is C14H18FNO5. The van der Waals surface area contributed by atoms with E-state index in [2.05, 4.69) is 5.32 Å². The van der Waals surface area contributed by atoms with Gasteiger partial charge in [-0.1, -0.05) is 13.8 Å². The quantitative estimate of drug-likeness (QED) is 0.755. The van der Waals surface area contributed by atoms with Crippen LogP contribution in [0.5, 0.6) is 11.5 Å². The average molecular weight is 299 g/mol. The lowest BCUT2D eigenvalue weighted by Crippen LogP contribution is -2.42. The number of methoxy groups -OCH3 is 1. The van der Waals surface area contributed by atoms with Crippen LogP contribution >= 0.6 is 0 Å². The molecule has 0 saturated heterocycles. The van der Waals surface area contributed by atoms with Crippen LogP contribution in [0.3, 0.4) is 0 Å². The van der Waals surface area contributed by atoms with Gasteiger partial charge in [-0.2, -0.15) is 0 Å². The van der Waals surface area contributed by atoms with Gasteiger partial charge < -0.3 is 19.9 Å². The van der Waals surface area contributed by atoms with Gasteiger partial charge in [-0.3, -0.25) is 4.79 Å². The lowest BCUT2D eigenvalue weighted by molar-refractivity contribution is 0.111. The van der Waals surface area contributed by atoms with Crippen molar-refractivity contribution in [1.82, 2.24) is 5.32 Å². The van der Waals surface area contributed by atoms with Crippen LogP contribution < -0.4 is 14.8 Å². The van der Waals surface area contributed by atoms with E-state index in [0.29, 0.717) is 6.29 Å². The van der Waals surface area contributed by atoms with Gasteiger partial charge in [-0.05, 0) is 12.0 Å². The Bertz CT molecular complexity index is 518. The summed E-state index contributed by atoms with van der Waals surface area (Å²) in [5.41, 5.74) is 0.0335. The zero-order chi connectivity index (χ0) is 16.0. The number of rotatable bonds is 7. The summed E-state index contributed by atoms with van der Waals surface area (Å²) in [6.07, 6.45) is -0.697. The molecular weight excluding hydrogens is 281 g/mol. The molecule has 21 heavy (non-hydrogen) atoms. The maximum atomic E-state index is 13.5. The summed E-state index contributed by atoms with van der Waals surface area (Å²) in [4.78, 5) is 21.6. The number of nitrogens with one attached hydrogen (secondary N) is 1. The van der Waals surface area contributed by atoms with E-state index in [1.165, 1.54) is 13.2 Å². The van der Waals surface area contributed by atoms with E-state index in [0.717, 1.165) is 6.07 Å². The Morgan fingerprint density at radius 3 is 2.57 bits per heavy atom. The average Bonchev–Trinajstić information content (AvgIpc) is 2.43. The zero-order valence-corrected chi connectivity index (χ0v) is 12.1. The van der Waals surface area contributed by atoms with Crippen molar-refractivity contribution >= 4 is 12.4 Å². The molecule has 1 aromatic carbocycles. The SMILES string of the molecule is COc1cc(OCC(NC(=O)O)C(C)C)c(C=O)cc1F. The number of carbonyl (C=O) groups excluding carboxylic acids is 1. The minimum absolute atomic E-state index is 0.0110. The third-order valence-electron chi connectivity index (χ3n) is 2.94. The standard InChI is InChI=1S/C14H18FNO5/c1-8(2)11(16-14(18)19)7-21-12-5-13(20-3)10(15)4-9(12)6-17/h4-6,8,11,16H,7H2,1-3H3,(H,18,19). The van der Waals surface area contributed by atoms with E-state index < -0.39 is 18.0 Å². The molecule has 7 heteroatoms. The van der Waals surface area contributed by atoms with Crippen molar-refractivity contribution in [1.29, 1.82) is 0 Å². The minimum atomic E-state index is -1.16. The highest BCUT2D eigenvalue weighted by Crippen LogP contribution is 2.27. The van der Waals surface area contributed by atoms with Gasteiger partial charge in [0.05, 0.1) is 18.7 Å². The topological polar surface area (TPSA) is 84.9 Å². The van der Waals surface area contributed by atoms with Gasteiger partial charge in [-0.25, -0.2) is 9.18 Å². The number of aldehydes is 1. The van der Waals surface area contributed by atoms with Crippen molar-refractivity contribution in [3.05, 3.63) is 23.5 Å². The summed E-state index contributed by atoms with van der Waals surface area (Å²) >= 11 is 0. The van der Waals surface area contributed by atoms with E-state index in [9.17, 15) is 14.0 Å². The van der Waals surface area contributed by atoms with Gasteiger partial charge in [0.25, 0.3) is 0 Å². The third kappa shape index (κ3) is 4.62. The molecule has 1 atom stereocenters. The molecule has 1 amide bonds. The third-order valence-corrected chi connectivity index (χ3v) is 2.94. The molecule has 116 valence electrons. The summed E-state index contributed by atoms with van der Waals surface area (Å²) in [5, 5.41) is 11.1. The first-order valence-electron chi connectivity index (χ1n) is 6.34. The Morgan fingerprint density at radius 2 is 2.10 bits per heavy atom. The maximum absolute atomic E-state index is 13.5. The largest absolute Gasteiger partial charge is 0.494 e. The molecule has 6 nitrogen and oxygen atoms in total. The number of carboxylic acid groups (broad SMARTS) is 1. The molecule has 1 unspecified atom stereocenters. The molecule has 1 aromatic rings. The minimum Gasteiger partial charge on any atom is -0.494 e. The van der Waals surface area contributed by atoms with Gasteiger partial charge in [0.1, 0.15) is 12.4 Å². The summed E-state index contributed by atoms with van der Waals surface area (Å²) in [6, 6.07) is 1.81. The van der Waals surface area contributed by atoms with Gasteiger partial charge in [0, 0.05) is 6.07 Å². The van der Waals surface area contributed by atoms with Crippen molar-refractivity contribution in [2.75, 3.05) is 13.7 Å². The van der Waals surface area contributed by atoms with Crippen molar-refractivity contribution in [3.8, 4) is 11.5 Å². The van der Waals surface area contributed by atoms with Crippen molar-refractivity contribution in [2.24, 2.45) is 5.92 Å². The molecule has 2 N–H and O–H groups in total. The number of carbonyl (C=O) groups is 2. The molecule has 0 aliphatic carbocycles. The van der Waals surface area contributed by atoms with Crippen molar-refractivity contribution in [3.63, 3.8) is 0 Å². The monoisotopic (exact) mass is 299 g/mol. The highest BCUT2D eigenvalue weighted by atomic mass is 19.1. The van der Waals surface area contributed by atoms with E-state index in [1.54, 1.807) is 0 Å². The first-order chi connectivity index (χ1) is 9.88. The number of halogens is 1. The Labute approximate surface area is 121 Å². The Morgan fingerprint density at radius 1 is 1.43 bits per heavy atom. The van der Waals surface area contributed by atoms with Crippen LogP contribution in [0.4, 0.5) is 9.18 Å². The fourth-order valence-electron chi connectivity index (χ4n) is 1.66. The lowest BCUT2D eigenvalue weighted by Gasteiger charge is -2.21. The molecule has 0 spiro atoms. The van der Waals surface area contributed by atoms with Crippen molar-refractivity contribution in [2.45, 2.75) is 19.9 Å². The van der Waals surface area contributed by atoms with Crippen LogP contribution in [0.2, 0.25) is 0 Å². The number of hydrogen-bond acceptors (Lipinski definition) is 4. The number of ether oxygens (including phenoxy) is 2. The predicted molar refractivity (Wildman–Crippen MR) is 73.6 cm³/mol. The summed E-state index contributed by atoms with van der Waals surface area (Å²) in [6.45, 7) is 3.67. The number of hydrogen-bond donors (Lipinski definition) is 2. The van der Waals surface area contributed by atoms with Gasteiger partial charge in [-0.15, -0.1) is 0 Å². The van der Waals surface area contributed by atoms with Crippen LogP contribution in [0, 0.1) is 11.7 Å². The number of amides is 1. The molecule has 0 aromatic heterocycles. The van der Waals surface area contributed by atoms with Crippen LogP contribution in [0.15, 0.2) is 12.1 Å². The molecule has 0 heterocycles. The molecule has 0 radical (unpaired) electrons. The fraction of sp³-hybridized carbons (Fsp3) is 0.429. The first-order valence-corrected chi connectivity index (χ1v) is 6.34. The van der Waals surface area contributed by atoms with E-state index >= 15 is 0 Å². The van der Waals surface area contributed by atoms with E-state index in [1.807, 2.05) is 13.8 Å². The summed E-state index contributed by atoms with van der Waals surface area (Å²) in [5.74, 6) is -0.594. The second kappa shape index (κ2) is 7.47. The van der Waals surface area contributed by atoms with Gasteiger partial charge in [0.15, 0.2) is 17.9 Å². The Kier molecular flexibility index (Phi) is 5.95. The molecule has 1 rings (SSSR count). The van der Waals surface area contributed by atoms with Crippen molar-refractivity contribution < 1.29 is 28.6 Å². The van der Waals surface area contributed by atoms with Crippen LogP contribution in [0.25, 0.3) is 0 Å². The fourth-order valence-corrected chi connectivity index (χ4v) is 1.66. The zero-order valence-electron chi connectivity index (χ0n) is 12.1. The van der Waals surface area contributed by atoms with Crippen LogP contribution in [-0.2, 0) is 0 Å². The van der Waals surface area contributed by atoms with E-state index in [4.69, 9.17) is 14.6 Å². The molecule has 0 aliphatic rings. The smallest absolute Gasteiger partial charge is 0.405 e. The predicted octanol–water partition coefficient (Wildman–Crippen LogP) is 2.32. The second-order valence-electron chi connectivity index (χ2n) is 4.75. The summed E-state index contributed by atoms with van der Waals surface area (Å²) < 4.78 is 23.8.